The van der Waals surface area contributed by atoms with Crippen LogP contribution < -0.4 is 15.8 Å². The van der Waals surface area contributed by atoms with Crippen molar-refractivity contribution in [2.24, 2.45) is 0 Å². The van der Waals surface area contributed by atoms with Crippen molar-refractivity contribution in [1.82, 2.24) is 15.5 Å². The van der Waals surface area contributed by atoms with Crippen LogP contribution >= 0.6 is 0 Å². The summed E-state index contributed by atoms with van der Waals surface area (Å²) in [6, 6.07) is 7.07. The molecule has 6 nitrogen and oxygen atoms in total. The molecular formula is C13H16N4O2. The first kappa shape index (κ1) is 12.9. The molecule has 0 bridgehead atoms. The molecule has 6 heteroatoms. The molecule has 0 radical (unpaired) electrons. The molecule has 1 aromatic carbocycles. The molecule has 0 unspecified atom stereocenters. The fraction of sp³-hybridized carbons (Fsp3) is 0.231. The summed E-state index contributed by atoms with van der Waals surface area (Å²) >= 11 is 0. The van der Waals surface area contributed by atoms with Crippen LogP contribution in [0.4, 0.5) is 5.69 Å². The second-order valence-corrected chi connectivity index (χ2v) is 4.05. The topological polar surface area (TPSA) is 93.0 Å². The van der Waals surface area contributed by atoms with Crippen LogP contribution in [0.15, 0.2) is 36.7 Å². The number of hydrogen-bond donors (Lipinski definition) is 3. The summed E-state index contributed by atoms with van der Waals surface area (Å²) in [6.45, 7) is 0.804. The van der Waals surface area contributed by atoms with Gasteiger partial charge in [0.05, 0.1) is 19.2 Å². The second kappa shape index (κ2) is 6.44. The van der Waals surface area contributed by atoms with Crippen LogP contribution in [-0.4, -0.2) is 22.7 Å². The van der Waals surface area contributed by atoms with Crippen molar-refractivity contribution < 1.29 is 9.53 Å². The largest absolute Gasteiger partial charge is 0.493 e. The van der Waals surface area contributed by atoms with Crippen LogP contribution in [0.25, 0.3) is 0 Å². The molecule has 0 saturated heterocycles. The van der Waals surface area contributed by atoms with Crippen molar-refractivity contribution in [3.05, 3.63) is 42.2 Å². The number of nitrogens with zero attached hydrogens (tertiary/aromatic N) is 1. The molecule has 1 heterocycles. The lowest BCUT2D eigenvalue weighted by molar-refractivity contribution is -0.121. The fourth-order valence-electron chi connectivity index (χ4n) is 1.49. The zero-order chi connectivity index (χ0) is 13.5. The predicted molar refractivity (Wildman–Crippen MR) is 71.4 cm³/mol. The number of benzene rings is 1. The van der Waals surface area contributed by atoms with Gasteiger partial charge in [-0.05, 0) is 24.3 Å². The molecule has 0 aliphatic rings. The fourth-order valence-corrected chi connectivity index (χ4v) is 1.49. The molecule has 0 saturated carbocycles. The van der Waals surface area contributed by atoms with E-state index in [-0.39, 0.29) is 5.91 Å². The molecule has 0 aliphatic carbocycles. The van der Waals surface area contributed by atoms with E-state index >= 15 is 0 Å². The lowest BCUT2D eigenvalue weighted by atomic mass is 10.3. The highest BCUT2D eigenvalue weighted by Gasteiger charge is 2.02. The third-order valence-electron chi connectivity index (χ3n) is 2.52. The molecule has 19 heavy (non-hydrogen) atoms. The number of carbonyl (C=O) groups excluding carboxylic acids is 1. The van der Waals surface area contributed by atoms with E-state index in [2.05, 4.69) is 15.5 Å². The normalized spacial score (nSPS) is 10.1. The standard InChI is InChI=1S/C13H16N4O2/c14-11-1-3-12(4-2-11)19-6-5-13(18)15-7-10-8-16-17-9-10/h1-4,8-9H,5-7,14H2,(H,15,18)(H,16,17). The number of aromatic amines is 1. The molecule has 4 N–H and O–H groups in total. The lowest BCUT2D eigenvalue weighted by Crippen LogP contribution is -2.24. The number of amides is 1. The summed E-state index contributed by atoms with van der Waals surface area (Å²) in [4.78, 5) is 11.5. The average Bonchev–Trinajstić information content (AvgIpc) is 2.92. The summed E-state index contributed by atoms with van der Waals surface area (Å²) in [6.07, 6.45) is 3.72. The summed E-state index contributed by atoms with van der Waals surface area (Å²) < 4.78 is 5.43. The Morgan fingerprint density at radius 3 is 2.84 bits per heavy atom. The summed E-state index contributed by atoms with van der Waals surface area (Å²) in [7, 11) is 0. The molecule has 0 atom stereocenters. The molecule has 2 aromatic rings. The van der Waals surface area contributed by atoms with Crippen LogP contribution in [0.3, 0.4) is 0 Å². The van der Waals surface area contributed by atoms with Gasteiger partial charge in [-0.25, -0.2) is 0 Å². The van der Waals surface area contributed by atoms with Crippen molar-refractivity contribution in [2.45, 2.75) is 13.0 Å². The van der Waals surface area contributed by atoms with E-state index in [1.54, 1.807) is 36.7 Å². The highest BCUT2D eigenvalue weighted by atomic mass is 16.5. The highest BCUT2D eigenvalue weighted by molar-refractivity contribution is 5.75. The van der Waals surface area contributed by atoms with E-state index < -0.39 is 0 Å². The SMILES string of the molecule is Nc1ccc(OCCC(=O)NCc2cn[nH]c2)cc1. The Morgan fingerprint density at radius 2 is 2.16 bits per heavy atom. The molecule has 0 spiro atoms. The number of anilines is 1. The molecule has 1 amide bonds. The lowest BCUT2D eigenvalue weighted by Gasteiger charge is -2.06. The highest BCUT2D eigenvalue weighted by Crippen LogP contribution is 2.13. The molecule has 0 aliphatic heterocycles. The Morgan fingerprint density at radius 1 is 1.37 bits per heavy atom. The predicted octanol–water partition coefficient (Wildman–Crippen LogP) is 1.08. The monoisotopic (exact) mass is 260 g/mol. The van der Waals surface area contributed by atoms with E-state index in [1.165, 1.54) is 0 Å². The zero-order valence-corrected chi connectivity index (χ0v) is 10.4. The number of carbonyl (C=O) groups is 1. The van der Waals surface area contributed by atoms with Gasteiger partial charge < -0.3 is 15.8 Å². The minimum absolute atomic E-state index is 0.0587. The first-order chi connectivity index (χ1) is 9.24. The van der Waals surface area contributed by atoms with Crippen LogP contribution in [0.2, 0.25) is 0 Å². The summed E-state index contributed by atoms with van der Waals surface area (Å²) in [5.41, 5.74) is 7.19. The maximum Gasteiger partial charge on any atom is 0.223 e. The minimum Gasteiger partial charge on any atom is -0.493 e. The van der Waals surface area contributed by atoms with Crippen molar-refractivity contribution in [3.8, 4) is 5.75 Å². The van der Waals surface area contributed by atoms with Crippen LogP contribution in [0, 0.1) is 0 Å². The smallest absolute Gasteiger partial charge is 0.223 e. The number of hydrogen-bond acceptors (Lipinski definition) is 4. The summed E-state index contributed by atoms with van der Waals surface area (Å²) in [5.74, 6) is 0.647. The van der Waals surface area contributed by atoms with Gasteiger partial charge in [0, 0.05) is 24.0 Å². The Bertz CT molecular complexity index is 508. The molecule has 0 fully saturated rings. The van der Waals surface area contributed by atoms with Gasteiger partial charge >= 0.3 is 0 Å². The van der Waals surface area contributed by atoms with Crippen molar-refractivity contribution in [2.75, 3.05) is 12.3 Å². The second-order valence-electron chi connectivity index (χ2n) is 4.05. The third kappa shape index (κ3) is 4.34. The molecule has 2 rings (SSSR count). The van der Waals surface area contributed by atoms with E-state index in [4.69, 9.17) is 10.5 Å². The Balaban J connectivity index is 1.65. The number of H-pyrrole nitrogens is 1. The Labute approximate surface area is 111 Å². The number of nitrogen functional groups attached to an aromatic ring is 1. The third-order valence-corrected chi connectivity index (χ3v) is 2.52. The Hall–Kier alpha value is -2.50. The van der Waals surface area contributed by atoms with Gasteiger partial charge in [0.25, 0.3) is 0 Å². The van der Waals surface area contributed by atoms with Gasteiger partial charge in [-0.15, -0.1) is 0 Å². The quantitative estimate of drug-likeness (QED) is 0.677. The minimum atomic E-state index is -0.0587. The maximum absolute atomic E-state index is 11.5. The number of nitrogens with one attached hydrogen (secondary N) is 2. The van der Waals surface area contributed by atoms with Gasteiger partial charge in [-0.1, -0.05) is 0 Å². The number of ether oxygens (including phenoxy) is 1. The van der Waals surface area contributed by atoms with E-state index in [1.807, 2.05) is 0 Å². The number of nitrogens with two attached hydrogens (primary N) is 1. The first-order valence-corrected chi connectivity index (χ1v) is 5.97. The molecular weight excluding hydrogens is 244 g/mol. The van der Waals surface area contributed by atoms with Gasteiger partial charge in [0.15, 0.2) is 0 Å². The maximum atomic E-state index is 11.5. The first-order valence-electron chi connectivity index (χ1n) is 5.97. The van der Waals surface area contributed by atoms with E-state index in [0.29, 0.717) is 31.0 Å². The van der Waals surface area contributed by atoms with Gasteiger partial charge in [-0.2, -0.15) is 5.10 Å². The van der Waals surface area contributed by atoms with Crippen LogP contribution in [0.5, 0.6) is 5.75 Å². The molecule has 100 valence electrons. The van der Waals surface area contributed by atoms with Crippen molar-refractivity contribution in [1.29, 1.82) is 0 Å². The summed E-state index contributed by atoms with van der Waals surface area (Å²) in [5, 5.41) is 9.27. The van der Waals surface area contributed by atoms with Crippen LogP contribution in [0.1, 0.15) is 12.0 Å². The van der Waals surface area contributed by atoms with Crippen molar-refractivity contribution in [3.63, 3.8) is 0 Å². The average molecular weight is 260 g/mol. The van der Waals surface area contributed by atoms with Crippen LogP contribution in [-0.2, 0) is 11.3 Å². The zero-order valence-electron chi connectivity index (χ0n) is 10.4. The van der Waals surface area contributed by atoms with Gasteiger partial charge in [0.1, 0.15) is 5.75 Å². The van der Waals surface area contributed by atoms with E-state index in [9.17, 15) is 4.79 Å². The molecule has 1 aromatic heterocycles. The van der Waals surface area contributed by atoms with Crippen molar-refractivity contribution >= 4 is 11.6 Å². The van der Waals surface area contributed by atoms with Gasteiger partial charge in [0.2, 0.25) is 5.91 Å². The number of aromatic nitrogens is 2. The number of rotatable bonds is 6. The Kier molecular flexibility index (Phi) is 4.39. The van der Waals surface area contributed by atoms with Gasteiger partial charge in [-0.3, -0.25) is 9.89 Å². The van der Waals surface area contributed by atoms with E-state index in [0.717, 1.165) is 5.56 Å².